The maximum atomic E-state index is 10.2. The minimum absolute atomic E-state index is 0.414. The highest BCUT2D eigenvalue weighted by Crippen LogP contribution is 1.96. The van der Waals surface area contributed by atoms with Crippen molar-refractivity contribution in [3.8, 4) is 0 Å². The van der Waals surface area contributed by atoms with Crippen LogP contribution in [0.3, 0.4) is 0 Å². The van der Waals surface area contributed by atoms with Gasteiger partial charge >= 0.3 is 0 Å². The van der Waals surface area contributed by atoms with Crippen LogP contribution in [0.25, 0.3) is 0 Å². The lowest BCUT2D eigenvalue weighted by molar-refractivity contribution is -0.107. The molecular formula is C6H7N3O. The number of hydrogen-bond acceptors (Lipinski definition) is 3. The number of hydrogen-bond donors (Lipinski definition) is 0. The molecule has 0 N–H and O–H groups in total. The fraction of sp³-hybridized carbons (Fsp3) is 0.167. The standard InChI is InChI=1S/C6H7N3O/c1-9(5-10)6-7-3-2-4-8-6/h2-5H,1H3. The molecule has 0 bridgehead atoms. The lowest BCUT2D eigenvalue weighted by Crippen LogP contribution is -2.16. The van der Waals surface area contributed by atoms with E-state index in [1.54, 1.807) is 25.5 Å². The lowest BCUT2D eigenvalue weighted by Gasteiger charge is -2.05. The van der Waals surface area contributed by atoms with Crippen molar-refractivity contribution in [2.45, 2.75) is 0 Å². The molecule has 0 radical (unpaired) electrons. The van der Waals surface area contributed by atoms with E-state index in [0.717, 1.165) is 0 Å². The van der Waals surface area contributed by atoms with Gasteiger partial charge in [0.05, 0.1) is 0 Å². The predicted octanol–water partition coefficient (Wildman–Crippen LogP) is 0.0692. The van der Waals surface area contributed by atoms with Gasteiger partial charge in [-0.05, 0) is 6.07 Å². The molecule has 4 heteroatoms. The van der Waals surface area contributed by atoms with E-state index in [0.29, 0.717) is 12.4 Å². The largest absolute Gasteiger partial charge is 0.286 e. The van der Waals surface area contributed by atoms with Gasteiger partial charge in [0.2, 0.25) is 12.4 Å². The van der Waals surface area contributed by atoms with E-state index in [2.05, 4.69) is 9.97 Å². The second-order valence-electron chi connectivity index (χ2n) is 1.77. The zero-order chi connectivity index (χ0) is 7.40. The fourth-order valence-electron chi connectivity index (χ4n) is 0.521. The van der Waals surface area contributed by atoms with Crippen LogP contribution in [0.4, 0.5) is 5.95 Å². The van der Waals surface area contributed by atoms with E-state index in [1.807, 2.05) is 0 Å². The molecule has 0 atom stereocenters. The maximum absolute atomic E-state index is 10.2. The van der Waals surface area contributed by atoms with E-state index in [9.17, 15) is 4.79 Å². The molecule has 0 spiro atoms. The third kappa shape index (κ3) is 1.28. The normalized spacial score (nSPS) is 8.90. The SMILES string of the molecule is CN(C=O)c1ncccn1. The summed E-state index contributed by atoms with van der Waals surface area (Å²) in [7, 11) is 1.60. The van der Waals surface area contributed by atoms with Crippen LogP contribution in [-0.4, -0.2) is 23.4 Å². The number of aromatic nitrogens is 2. The lowest BCUT2D eigenvalue weighted by atomic mass is 10.6. The van der Waals surface area contributed by atoms with Crippen LogP contribution in [0.2, 0.25) is 0 Å². The number of amides is 1. The first kappa shape index (κ1) is 6.67. The van der Waals surface area contributed by atoms with Crippen molar-refractivity contribution in [2.75, 3.05) is 11.9 Å². The van der Waals surface area contributed by atoms with Gasteiger partial charge in [0, 0.05) is 19.4 Å². The van der Waals surface area contributed by atoms with Gasteiger partial charge in [0.1, 0.15) is 0 Å². The summed E-state index contributed by atoms with van der Waals surface area (Å²) in [6.45, 7) is 0. The van der Waals surface area contributed by atoms with Crippen LogP contribution in [0, 0.1) is 0 Å². The molecule has 1 heterocycles. The molecule has 1 aromatic heterocycles. The van der Waals surface area contributed by atoms with Gasteiger partial charge in [-0.3, -0.25) is 9.69 Å². The minimum Gasteiger partial charge on any atom is -0.286 e. The summed E-state index contributed by atoms with van der Waals surface area (Å²) in [4.78, 5) is 19.1. The number of rotatable bonds is 2. The Bertz CT molecular complexity index is 211. The van der Waals surface area contributed by atoms with Crippen molar-refractivity contribution in [1.82, 2.24) is 9.97 Å². The Morgan fingerprint density at radius 2 is 2.10 bits per heavy atom. The number of anilines is 1. The first-order chi connectivity index (χ1) is 4.84. The van der Waals surface area contributed by atoms with Crippen LogP contribution >= 0.6 is 0 Å². The molecule has 4 nitrogen and oxygen atoms in total. The number of carbonyl (C=O) groups excluding carboxylic acids is 1. The second-order valence-corrected chi connectivity index (χ2v) is 1.77. The quantitative estimate of drug-likeness (QED) is 0.542. The molecule has 0 aliphatic rings. The Hall–Kier alpha value is -1.45. The maximum Gasteiger partial charge on any atom is 0.231 e. The van der Waals surface area contributed by atoms with Crippen LogP contribution in [-0.2, 0) is 4.79 Å². The van der Waals surface area contributed by atoms with E-state index >= 15 is 0 Å². The first-order valence-electron chi connectivity index (χ1n) is 2.79. The summed E-state index contributed by atoms with van der Waals surface area (Å²) < 4.78 is 0. The summed E-state index contributed by atoms with van der Waals surface area (Å²) in [5, 5.41) is 0. The van der Waals surface area contributed by atoms with Crippen LogP contribution in [0.1, 0.15) is 0 Å². The molecule has 0 unspecified atom stereocenters. The van der Waals surface area contributed by atoms with Crippen molar-refractivity contribution in [2.24, 2.45) is 0 Å². The van der Waals surface area contributed by atoms with E-state index in [4.69, 9.17) is 0 Å². The van der Waals surface area contributed by atoms with Crippen LogP contribution in [0.5, 0.6) is 0 Å². The first-order valence-corrected chi connectivity index (χ1v) is 2.79. The van der Waals surface area contributed by atoms with Gasteiger partial charge in [-0.15, -0.1) is 0 Å². The highest BCUT2D eigenvalue weighted by atomic mass is 16.1. The molecule has 0 aliphatic carbocycles. The molecule has 52 valence electrons. The highest BCUT2D eigenvalue weighted by Gasteiger charge is 1.97. The fourth-order valence-corrected chi connectivity index (χ4v) is 0.521. The molecule has 0 aliphatic heterocycles. The van der Waals surface area contributed by atoms with Crippen molar-refractivity contribution in [1.29, 1.82) is 0 Å². The molecule has 10 heavy (non-hydrogen) atoms. The Morgan fingerprint density at radius 3 is 2.60 bits per heavy atom. The summed E-state index contributed by atoms with van der Waals surface area (Å²) in [5.41, 5.74) is 0. The molecule has 1 amide bonds. The summed E-state index contributed by atoms with van der Waals surface area (Å²) >= 11 is 0. The predicted molar refractivity (Wildman–Crippen MR) is 36.5 cm³/mol. The van der Waals surface area contributed by atoms with Gasteiger partial charge in [-0.2, -0.15) is 0 Å². The monoisotopic (exact) mass is 137 g/mol. The highest BCUT2D eigenvalue weighted by molar-refractivity contribution is 5.69. The second kappa shape index (κ2) is 2.91. The Morgan fingerprint density at radius 1 is 1.50 bits per heavy atom. The number of nitrogens with zero attached hydrogens (tertiary/aromatic N) is 3. The molecule has 0 saturated carbocycles. The van der Waals surface area contributed by atoms with Crippen molar-refractivity contribution < 1.29 is 4.79 Å². The Balaban J connectivity index is 2.84. The van der Waals surface area contributed by atoms with Crippen LogP contribution in [0.15, 0.2) is 18.5 Å². The summed E-state index contributed by atoms with van der Waals surface area (Å²) in [6, 6.07) is 1.70. The van der Waals surface area contributed by atoms with Gasteiger partial charge in [0.25, 0.3) is 0 Å². The van der Waals surface area contributed by atoms with Gasteiger partial charge in [0.15, 0.2) is 0 Å². The van der Waals surface area contributed by atoms with E-state index < -0.39 is 0 Å². The minimum atomic E-state index is 0.414. The zero-order valence-electron chi connectivity index (χ0n) is 5.56. The van der Waals surface area contributed by atoms with Crippen molar-refractivity contribution in [3.05, 3.63) is 18.5 Å². The molecule has 0 fully saturated rings. The summed E-state index contributed by atoms with van der Waals surface area (Å²) in [5.74, 6) is 0.414. The van der Waals surface area contributed by atoms with Gasteiger partial charge in [-0.1, -0.05) is 0 Å². The van der Waals surface area contributed by atoms with E-state index in [1.165, 1.54) is 4.90 Å². The molecular weight excluding hydrogens is 130 g/mol. The third-order valence-corrected chi connectivity index (χ3v) is 1.03. The van der Waals surface area contributed by atoms with Crippen molar-refractivity contribution in [3.63, 3.8) is 0 Å². The third-order valence-electron chi connectivity index (χ3n) is 1.03. The average molecular weight is 137 g/mol. The van der Waals surface area contributed by atoms with E-state index in [-0.39, 0.29) is 0 Å². The molecule has 1 aromatic rings. The molecule has 0 aromatic carbocycles. The van der Waals surface area contributed by atoms with Crippen LogP contribution < -0.4 is 4.90 Å². The molecule has 1 rings (SSSR count). The summed E-state index contributed by atoms with van der Waals surface area (Å²) in [6.07, 6.45) is 3.83. The Labute approximate surface area is 58.5 Å². The topological polar surface area (TPSA) is 46.1 Å². The molecule has 0 saturated heterocycles. The number of carbonyl (C=O) groups is 1. The van der Waals surface area contributed by atoms with Gasteiger partial charge in [-0.25, -0.2) is 9.97 Å². The Kier molecular flexibility index (Phi) is 1.94. The van der Waals surface area contributed by atoms with Gasteiger partial charge < -0.3 is 0 Å². The van der Waals surface area contributed by atoms with Crippen molar-refractivity contribution >= 4 is 12.4 Å². The smallest absolute Gasteiger partial charge is 0.231 e. The average Bonchev–Trinajstić information content (AvgIpc) is 2.05. The zero-order valence-corrected chi connectivity index (χ0v) is 5.56.